The van der Waals surface area contributed by atoms with Crippen molar-refractivity contribution in [2.24, 2.45) is 0 Å². The van der Waals surface area contributed by atoms with Crippen LogP contribution in [0, 0.1) is 0 Å². The van der Waals surface area contributed by atoms with Gasteiger partial charge in [-0.1, -0.05) is 30.3 Å². The summed E-state index contributed by atoms with van der Waals surface area (Å²) in [6.45, 7) is 5.28. The average molecular weight is 373 g/mol. The Morgan fingerprint density at radius 2 is 1.79 bits per heavy atom. The van der Waals surface area contributed by atoms with Crippen molar-refractivity contribution < 1.29 is 10.2 Å². The number of rotatable bonds is 4. The van der Waals surface area contributed by atoms with E-state index in [9.17, 15) is 10.2 Å². The van der Waals surface area contributed by atoms with Crippen LogP contribution in [0.1, 0.15) is 38.0 Å². The van der Waals surface area contributed by atoms with Gasteiger partial charge in [0.25, 0.3) is 0 Å². The van der Waals surface area contributed by atoms with Crippen molar-refractivity contribution in [2.45, 2.75) is 32.5 Å². The minimum Gasteiger partial charge on any atom is -0.389 e. The third-order valence-corrected chi connectivity index (χ3v) is 4.90. The molecular formula is C23H23N3O2. The number of fused-ring (bicyclic) bond motifs is 1. The van der Waals surface area contributed by atoms with Crippen molar-refractivity contribution in [1.82, 2.24) is 14.5 Å². The molecule has 0 amide bonds. The summed E-state index contributed by atoms with van der Waals surface area (Å²) < 4.78 is 1.94. The predicted octanol–water partition coefficient (Wildman–Crippen LogP) is 4.37. The fourth-order valence-electron chi connectivity index (χ4n) is 3.25. The standard InChI is InChI=1S/C23H23N3O2/c1-15(27)16-6-4-7-17(12-16)19-8-5-9-22(25-19)26-14-24-20-13-18(23(2,3)28)10-11-21(20)26/h4-15,27-28H,1-3H3/t15-/m0/s1. The van der Waals surface area contributed by atoms with Gasteiger partial charge in [0, 0.05) is 5.56 Å². The van der Waals surface area contributed by atoms with Gasteiger partial charge in [-0.2, -0.15) is 0 Å². The first-order chi connectivity index (χ1) is 13.3. The fourth-order valence-corrected chi connectivity index (χ4v) is 3.25. The van der Waals surface area contributed by atoms with Crippen LogP contribution in [0.5, 0.6) is 0 Å². The van der Waals surface area contributed by atoms with Crippen LogP contribution in [0.3, 0.4) is 0 Å². The second-order valence-corrected chi connectivity index (χ2v) is 7.56. The summed E-state index contributed by atoms with van der Waals surface area (Å²) in [4.78, 5) is 9.29. The zero-order chi connectivity index (χ0) is 19.9. The highest BCUT2D eigenvalue weighted by molar-refractivity contribution is 5.78. The number of nitrogens with zero attached hydrogens (tertiary/aromatic N) is 3. The Morgan fingerprint density at radius 3 is 2.54 bits per heavy atom. The van der Waals surface area contributed by atoms with Crippen molar-refractivity contribution in [1.29, 1.82) is 0 Å². The lowest BCUT2D eigenvalue weighted by molar-refractivity contribution is 0.0787. The molecule has 0 fully saturated rings. The molecule has 0 saturated heterocycles. The van der Waals surface area contributed by atoms with Crippen LogP contribution >= 0.6 is 0 Å². The Balaban J connectivity index is 1.77. The van der Waals surface area contributed by atoms with Crippen LogP contribution in [0.2, 0.25) is 0 Å². The van der Waals surface area contributed by atoms with E-state index in [2.05, 4.69) is 4.98 Å². The van der Waals surface area contributed by atoms with Crippen molar-refractivity contribution in [3.63, 3.8) is 0 Å². The molecule has 0 radical (unpaired) electrons. The topological polar surface area (TPSA) is 71.2 Å². The quantitative estimate of drug-likeness (QED) is 0.557. The molecule has 1 atom stereocenters. The van der Waals surface area contributed by atoms with Crippen molar-refractivity contribution >= 4 is 11.0 Å². The molecule has 2 N–H and O–H groups in total. The first kappa shape index (κ1) is 18.3. The summed E-state index contributed by atoms with van der Waals surface area (Å²) in [5.74, 6) is 0.762. The number of aliphatic hydroxyl groups is 2. The molecule has 0 unspecified atom stereocenters. The van der Waals surface area contributed by atoms with E-state index >= 15 is 0 Å². The van der Waals surface area contributed by atoms with Crippen LogP contribution in [-0.4, -0.2) is 24.7 Å². The molecular weight excluding hydrogens is 350 g/mol. The van der Waals surface area contributed by atoms with E-state index in [0.29, 0.717) is 0 Å². The third-order valence-electron chi connectivity index (χ3n) is 4.90. The molecule has 5 heteroatoms. The molecule has 0 aliphatic heterocycles. The molecule has 2 aromatic carbocycles. The van der Waals surface area contributed by atoms with Gasteiger partial charge in [0.1, 0.15) is 12.1 Å². The van der Waals surface area contributed by atoms with Gasteiger partial charge in [0.05, 0.1) is 28.4 Å². The number of imidazole rings is 1. The first-order valence-electron chi connectivity index (χ1n) is 9.29. The minimum absolute atomic E-state index is 0.523. The Hall–Kier alpha value is -3.02. The SMILES string of the molecule is C[C@H](O)c1cccc(-c2cccc(-n3cnc4cc(C(C)(C)O)ccc43)n2)c1. The monoisotopic (exact) mass is 373 g/mol. The van der Waals surface area contributed by atoms with Gasteiger partial charge in [-0.25, -0.2) is 9.97 Å². The molecule has 0 spiro atoms. The number of pyridine rings is 1. The number of benzene rings is 2. The van der Waals surface area contributed by atoms with Gasteiger partial charge in [-0.05, 0) is 62.2 Å². The molecule has 4 rings (SSSR count). The van der Waals surface area contributed by atoms with Crippen molar-refractivity contribution in [3.05, 3.63) is 78.1 Å². The van der Waals surface area contributed by atoms with E-state index < -0.39 is 11.7 Å². The zero-order valence-corrected chi connectivity index (χ0v) is 16.2. The van der Waals surface area contributed by atoms with Crippen LogP contribution < -0.4 is 0 Å². The lowest BCUT2D eigenvalue weighted by atomic mass is 9.98. The van der Waals surface area contributed by atoms with E-state index in [4.69, 9.17) is 4.98 Å². The number of aromatic nitrogens is 3. The molecule has 2 aromatic heterocycles. The van der Waals surface area contributed by atoms with Crippen LogP contribution in [0.25, 0.3) is 28.1 Å². The number of hydrogen-bond acceptors (Lipinski definition) is 4. The number of aliphatic hydroxyl groups excluding tert-OH is 1. The van der Waals surface area contributed by atoms with Gasteiger partial charge in [-0.3, -0.25) is 4.57 Å². The molecule has 28 heavy (non-hydrogen) atoms. The van der Waals surface area contributed by atoms with Gasteiger partial charge in [0.2, 0.25) is 0 Å². The van der Waals surface area contributed by atoms with Gasteiger partial charge in [0.15, 0.2) is 0 Å². The molecule has 5 nitrogen and oxygen atoms in total. The van der Waals surface area contributed by atoms with Crippen LogP contribution in [0.15, 0.2) is 67.0 Å². The van der Waals surface area contributed by atoms with E-state index in [1.807, 2.05) is 65.2 Å². The normalized spacial score (nSPS) is 13.0. The Bertz CT molecular complexity index is 1140. The maximum Gasteiger partial charge on any atom is 0.139 e. The average Bonchev–Trinajstić information content (AvgIpc) is 3.11. The molecule has 0 bridgehead atoms. The molecule has 0 saturated carbocycles. The molecule has 0 aliphatic rings. The summed E-state index contributed by atoms with van der Waals surface area (Å²) in [5, 5.41) is 20.1. The first-order valence-corrected chi connectivity index (χ1v) is 9.29. The lowest BCUT2D eigenvalue weighted by Crippen LogP contribution is -2.15. The van der Waals surface area contributed by atoms with Crippen LogP contribution in [0.4, 0.5) is 0 Å². The maximum atomic E-state index is 10.2. The van der Waals surface area contributed by atoms with Crippen LogP contribution in [-0.2, 0) is 5.60 Å². The van der Waals surface area contributed by atoms with Gasteiger partial charge in [-0.15, -0.1) is 0 Å². The molecule has 0 aliphatic carbocycles. The molecule has 142 valence electrons. The molecule has 2 heterocycles. The Morgan fingerprint density at radius 1 is 1.00 bits per heavy atom. The minimum atomic E-state index is -0.912. The van der Waals surface area contributed by atoms with E-state index in [-0.39, 0.29) is 0 Å². The van der Waals surface area contributed by atoms with Gasteiger partial charge < -0.3 is 10.2 Å². The smallest absolute Gasteiger partial charge is 0.139 e. The van der Waals surface area contributed by atoms with Gasteiger partial charge >= 0.3 is 0 Å². The highest BCUT2D eigenvalue weighted by atomic mass is 16.3. The Kier molecular flexibility index (Phi) is 4.49. The van der Waals surface area contributed by atoms with E-state index in [1.54, 1.807) is 27.1 Å². The highest BCUT2D eigenvalue weighted by Gasteiger charge is 2.17. The van der Waals surface area contributed by atoms with E-state index in [1.165, 1.54) is 0 Å². The van der Waals surface area contributed by atoms with Crippen molar-refractivity contribution in [2.75, 3.05) is 0 Å². The summed E-state index contributed by atoms with van der Waals surface area (Å²) in [5.41, 5.74) is 4.28. The largest absolute Gasteiger partial charge is 0.389 e. The Labute approximate surface area is 163 Å². The second kappa shape index (κ2) is 6.86. The summed E-state index contributed by atoms with van der Waals surface area (Å²) in [7, 11) is 0. The zero-order valence-electron chi connectivity index (χ0n) is 16.2. The summed E-state index contributed by atoms with van der Waals surface area (Å²) >= 11 is 0. The summed E-state index contributed by atoms with van der Waals surface area (Å²) in [6.07, 6.45) is 1.22. The second-order valence-electron chi connectivity index (χ2n) is 7.56. The molecule has 4 aromatic rings. The lowest BCUT2D eigenvalue weighted by Gasteiger charge is -2.17. The third kappa shape index (κ3) is 3.42. The highest BCUT2D eigenvalue weighted by Crippen LogP contribution is 2.26. The predicted molar refractivity (Wildman–Crippen MR) is 110 cm³/mol. The fraction of sp³-hybridized carbons (Fsp3) is 0.217. The maximum absolute atomic E-state index is 10.2. The van der Waals surface area contributed by atoms with Crippen molar-refractivity contribution in [3.8, 4) is 17.1 Å². The number of hydrogen-bond donors (Lipinski definition) is 2. The van der Waals surface area contributed by atoms with E-state index in [0.717, 1.165) is 39.2 Å². The summed E-state index contributed by atoms with van der Waals surface area (Å²) in [6, 6.07) is 19.4.